The molecule has 0 aliphatic heterocycles. The van der Waals surface area contributed by atoms with Gasteiger partial charge in [-0.05, 0) is 68.1 Å². The van der Waals surface area contributed by atoms with E-state index in [2.05, 4.69) is 24.1 Å². The molecule has 0 unspecified atom stereocenters. The van der Waals surface area contributed by atoms with Crippen LogP contribution in [0.5, 0.6) is 5.75 Å². The zero-order valence-electron chi connectivity index (χ0n) is 18.2. The van der Waals surface area contributed by atoms with Crippen LogP contribution in [-0.4, -0.2) is 25.6 Å². The van der Waals surface area contributed by atoms with Gasteiger partial charge in [0.05, 0.1) is 6.61 Å². The van der Waals surface area contributed by atoms with Crippen molar-refractivity contribution in [1.82, 2.24) is 0 Å². The molecule has 1 amide bonds. The van der Waals surface area contributed by atoms with Crippen LogP contribution in [0.3, 0.4) is 0 Å². The molecule has 3 rings (SSSR count). The first-order valence-corrected chi connectivity index (χ1v) is 10.5. The summed E-state index contributed by atoms with van der Waals surface area (Å²) >= 11 is 0. The minimum Gasteiger partial charge on any atom is -0.493 e. The molecule has 5 heteroatoms. The summed E-state index contributed by atoms with van der Waals surface area (Å²) in [6.45, 7) is 8.55. The Labute approximate surface area is 183 Å². The molecule has 0 radical (unpaired) electrons. The number of nitriles is 1. The number of amides is 1. The number of hydrogen-bond donors (Lipinski definition) is 1. The van der Waals surface area contributed by atoms with E-state index in [1.807, 2.05) is 73.7 Å². The Balaban J connectivity index is 1.86. The molecule has 0 spiro atoms. The number of carbonyl (C=O) groups is 1. The lowest BCUT2D eigenvalue weighted by Crippen LogP contribution is -2.21. The molecule has 0 atom stereocenters. The summed E-state index contributed by atoms with van der Waals surface area (Å²) < 4.78 is 5.71. The van der Waals surface area contributed by atoms with E-state index in [0.29, 0.717) is 12.3 Å². The Morgan fingerprint density at radius 2 is 1.68 bits per heavy atom. The predicted molar refractivity (Wildman–Crippen MR) is 127 cm³/mol. The van der Waals surface area contributed by atoms with Crippen LogP contribution in [0.15, 0.2) is 66.2 Å². The zero-order chi connectivity index (χ0) is 22.2. The molecule has 0 heterocycles. The van der Waals surface area contributed by atoms with Gasteiger partial charge in [-0.25, -0.2) is 0 Å². The number of fused-ring (bicyclic) bond motifs is 1. The lowest BCUT2D eigenvalue weighted by molar-refractivity contribution is -0.112. The van der Waals surface area contributed by atoms with Gasteiger partial charge in [-0.3, -0.25) is 4.79 Å². The first-order valence-electron chi connectivity index (χ1n) is 10.5. The van der Waals surface area contributed by atoms with Gasteiger partial charge < -0.3 is 15.0 Å². The first-order chi connectivity index (χ1) is 15.1. The molecule has 158 valence electrons. The maximum Gasteiger partial charge on any atom is 0.266 e. The number of carbonyl (C=O) groups excluding carboxylic acids is 1. The van der Waals surface area contributed by atoms with Crippen LogP contribution in [-0.2, 0) is 4.79 Å². The quantitative estimate of drug-likeness (QED) is 0.384. The van der Waals surface area contributed by atoms with E-state index in [1.165, 1.54) is 0 Å². The summed E-state index contributed by atoms with van der Waals surface area (Å²) in [5.41, 5.74) is 2.59. The van der Waals surface area contributed by atoms with E-state index in [0.717, 1.165) is 40.9 Å². The first kappa shape index (κ1) is 21.9. The highest BCUT2D eigenvalue weighted by molar-refractivity contribution is 6.11. The van der Waals surface area contributed by atoms with Gasteiger partial charge in [-0.1, -0.05) is 30.3 Å². The molecule has 1 N–H and O–H groups in total. The smallest absolute Gasteiger partial charge is 0.266 e. The van der Waals surface area contributed by atoms with Crippen molar-refractivity contribution in [3.8, 4) is 11.8 Å². The second-order valence-corrected chi connectivity index (χ2v) is 6.97. The van der Waals surface area contributed by atoms with Gasteiger partial charge in [0.1, 0.15) is 17.4 Å². The zero-order valence-corrected chi connectivity index (χ0v) is 18.2. The fourth-order valence-corrected chi connectivity index (χ4v) is 3.55. The average molecular weight is 414 g/mol. The summed E-state index contributed by atoms with van der Waals surface area (Å²) in [5, 5.41) is 14.3. The lowest BCUT2D eigenvalue weighted by atomic mass is 10.0. The largest absolute Gasteiger partial charge is 0.493 e. The fourth-order valence-electron chi connectivity index (χ4n) is 3.55. The molecule has 0 fully saturated rings. The van der Waals surface area contributed by atoms with Crippen LogP contribution >= 0.6 is 0 Å². The van der Waals surface area contributed by atoms with E-state index in [-0.39, 0.29) is 5.57 Å². The molecule has 0 aromatic heterocycles. The number of ether oxygens (including phenoxy) is 1. The molecule has 3 aromatic rings. The van der Waals surface area contributed by atoms with Crippen LogP contribution in [0.4, 0.5) is 11.4 Å². The maximum atomic E-state index is 12.7. The molecular formula is C26H27N3O2. The van der Waals surface area contributed by atoms with E-state index in [4.69, 9.17) is 4.74 Å². The Hall–Kier alpha value is -3.78. The van der Waals surface area contributed by atoms with Crippen molar-refractivity contribution in [3.05, 3.63) is 71.8 Å². The highest BCUT2D eigenvalue weighted by Crippen LogP contribution is 2.30. The van der Waals surface area contributed by atoms with Crippen LogP contribution in [0.1, 0.15) is 26.3 Å². The van der Waals surface area contributed by atoms with Crippen LogP contribution in [0, 0.1) is 11.3 Å². The summed E-state index contributed by atoms with van der Waals surface area (Å²) in [6.07, 6.45) is 1.62. The van der Waals surface area contributed by atoms with Crippen molar-refractivity contribution >= 4 is 34.1 Å². The van der Waals surface area contributed by atoms with Crippen LogP contribution in [0.25, 0.3) is 16.8 Å². The molecular weight excluding hydrogens is 386 g/mol. The maximum absolute atomic E-state index is 12.7. The molecule has 31 heavy (non-hydrogen) atoms. The third-order valence-corrected chi connectivity index (χ3v) is 5.14. The number of nitrogens with zero attached hydrogens (tertiary/aromatic N) is 2. The van der Waals surface area contributed by atoms with Crippen LogP contribution < -0.4 is 15.0 Å². The van der Waals surface area contributed by atoms with Crippen molar-refractivity contribution in [1.29, 1.82) is 5.26 Å². The average Bonchev–Trinajstić information content (AvgIpc) is 2.80. The van der Waals surface area contributed by atoms with Crippen molar-refractivity contribution in [2.75, 3.05) is 29.9 Å². The highest BCUT2D eigenvalue weighted by atomic mass is 16.5. The Morgan fingerprint density at radius 1 is 1.00 bits per heavy atom. The highest BCUT2D eigenvalue weighted by Gasteiger charge is 2.12. The van der Waals surface area contributed by atoms with Crippen molar-refractivity contribution < 1.29 is 9.53 Å². The SMILES string of the molecule is CCOc1ccc(/C=C(/C#N)C(=O)Nc2ccc(N(CC)CC)cc2)c2ccccc12. The van der Waals surface area contributed by atoms with E-state index >= 15 is 0 Å². The minimum absolute atomic E-state index is 0.0436. The number of rotatable bonds is 8. The van der Waals surface area contributed by atoms with Gasteiger partial charge >= 0.3 is 0 Å². The van der Waals surface area contributed by atoms with Crippen LogP contribution in [0.2, 0.25) is 0 Å². The predicted octanol–water partition coefficient (Wildman–Crippen LogP) is 5.63. The molecule has 0 aliphatic rings. The van der Waals surface area contributed by atoms with Gasteiger partial charge in [0.2, 0.25) is 0 Å². The van der Waals surface area contributed by atoms with Gasteiger partial charge in [0.25, 0.3) is 5.91 Å². The number of anilines is 2. The van der Waals surface area contributed by atoms with Crippen molar-refractivity contribution in [2.24, 2.45) is 0 Å². The third-order valence-electron chi connectivity index (χ3n) is 5.14. The van der Waals surface area contributed by atoms with Gasteiger partial charge in [-0.15, -0.1) is 0 Å². The van der Waals surface area contributed by atoms with E-state index < -0.39 is 5.91 Å². The summed E-state index contributed by atoms with van der Waals surface area (Å²) in [7, 11) is 0. The Kier molecular flexibility index (Phi) is 7.29. The summed E-state index contributed by atoms with van der Waals surface area (Å²) in [6, 6.07) is 21.2. The standard InChI is InChI=1S/C26H27N3O2/c1-4-29(5-2)22-14-12-21(13-15-22)28-26(30)20(18-27)17-19-11-16-25(31-6-3)24-10-8-7-9-23(19)24/h7-17H,4-6H2,1-3H3,(H,28,30)/b20-17-. The number of hydrogen-bond acceptors (Lipinski definition) is 4. The third kappa shape index (κ3) is 5.04. The molecule has 0 saturated carbocycles. The molecule has 0 bridgehead atoms. The lowest BCUT2D eigenvalue weighted by Gasteiger charge is -2.21. The molecule has 3 aromatic carbocycles. The Morgan fingerprint density at radius 3 is 2.29 bits per heavy atom. The number of nitrogens with one attached hydrogen (secondary N) is 1. The minimum atomic E-state index is -0.434. The number of benzene rings is 3. The second kappa shape index (κ2) is 10.3. The van der Waals surface area contributed by atoms with Gasteiger partial charge in [-0.2, -0.15) is 5.26 Å². The van der Waals surface area contributed by atoms with Gasteiger partial charge in [0.15, 0.2) is 0 Å². The van der Waals surface area contributed by atoms with E-state index in [9.17, 15) is 10.1 Å². The molecule has 0 saturated heterocycles. The Bertz CT molecular complexity index is 1120. The fraction of sp³-hybridized carbons (Fsp3) is 0.231. The monoisotopic (exact) mass is 413 g/mol. The van der Waals surface area contributed by atoms with Crippen molar-refractivity contribution in [3.63, 3.8) is 0 Å². The van der Waals surface area contributed by atoms with Gasteiger partial charge in [0, 0.05) is 29.9 Å². The summed E-state index contributed by atoms with van der Waals surface area (Å²) in [4.78, 5) is 15.0. The summed E-state index contributed by atoms with van der Waals surface area (Å²) in [5.74, 6) is 0.350. The molecule has 0 aliphatic carbocycles. The molecule has 5 nitrogen and oxygen atoms in total. The normalized spacial score (nSPS) is 11.1. The topological polar surface area (TPSA) is 65.4 Å². The van der Waals surface area contributed by atoms with E-state index in [1.54, 1.807) is 6.08 Å². The van der Waals surface area contributed by atoms with Crippen molar-refractivity contribution in [2.45, 2.75) is 20.8 Å². The second-order valence-electron chi connectivity index (χ2n) is 6.97.